The van der Waals surface area contributed by atoms with Gasteiger partial charge in [-0.3, -0.25) is 9.59 Å². The molecule has 0 unspecified atom stereocenters. The van der Waals surface area contributed by atoms with Crippen molar-refractivity contribution in [3.63, 3.8) is 0 Å². The predicted molar refractivity (Wildman–Crippen MR) is 109 cm³/mol. The maximum atomic E-state index is 11.2. The van der Waals surface area contributed by atoms with Crippen LogP contribution in [0.2, 0.25) is 0 Å². The van der Waals surface area contributed by atoms with Crippen LogP contribution in [0.3, 0.4) is 0 Å². The van der Waals surface area contributed by atoms with Gasteiger partial charge in [0.2, 0.25) is 0 Å². The molecule has 156 valence electrons. The highest BCUT2D eigenvalue weighted by molar-refractivity contribution is 5.77. The standard InChI is InChI=1S/C23H34O5/c1-22(2,20(25)26)10-6-3-4-8-17-14-18(16-19(24)15-17)9-5-7-11-23(12-13-23)21(27)28/h14-16,24H,3-13H2,1-2H3,(H,25,26)(H,27,28). The quantitative estimate of drug-likeness (QED) is 0.403. The minimum Gasteiger partial charge on any atom is -0.508 e. The van der Waals surface area contributed by atoms with Gasteiger partial charge in [0.1, 0.15) is 5.75 Å². The van der Waals surface area contributed by atoms with E-state index in [1.165, 1.54) is 0 Å². The smallest absolute Gasteiger partial charge is 0.309 e. The largest absolute Gasteiger partial charge is 0.508 e. The maximum absolute atomic E-state index is 11.2. The molecule has 5 nitrogen and oxygen atoms in total. The fraction of sp³-hybridized carbons (Fsp3) is 0.652. The number of phenolic OH excluding ortho intramolecular Hbond substituents is 1. The fourth-order valence-electron chi connectivity index (χ4n) is 3.73. The molecule has 0 bridgehead atoms. The number of aryl methyl sites for hydroxylation is 2. The number of aromatic hydroxyl groups is 1. The van der Waals surface area contributed by atoms with Crippen LogP contribution in [0.15, 0.2) is 18.2 Å². The number of aliphatic carboxylic acids is 2. The molecular formula is C23H34O5. The number of hydrogen-bond donors (Lipinski definition) is 3. The van der Waals surface area contributed by atoms with E-state index in [1.807, 2.05) is 0 Å². The Hall–Kier alpha value is -2.04. The second-order valence-corrected chi connectivity index (χ2v) is 9.05. The molecule has 3 N–H and O–H groups in total. The highest BCUT2D eigenvalue weighted by Crippen LogP contribution is 2.50. The van der Waals surface area contributed by atoms with Gasteiger partial charge in [-0.25, -0.2) is 0 Å². The number of carboxylic acids is 2. The molecule has 0 atom stereocenters. The molecule has 0 spiro atoms. The third-order valence-electron chi connectivity index (χ3n) is 6.06. The number of unbranched alkanes of at least 4 members (excludes halogenated alkanes) is 3. The van der Waals surface area contributed by atoms with Crippen molar-refractivity contribution in [1.82, 2.24) is 0 Å². The Morgan fingerprint density at radius 1 is 0.929 bits per heavy atom. The number of hydrogen-bond acceptors (Lipinski definition) is 3. The minimum atomic E-state index is -0.749. The second-order valence-electron chi connectivity index (χ2n) is 9.05. The van der Waals surface area contributed by atoms with Crippen molar-refractivity contribution in [2.75, 3.05) is 0 Å². The Morgan fingerprint density at radius 3 is 2.00 bits per heavy atom. The van der Waals surface area contributed by atoms with Crippen LogP contribution in [0.5, 0.6) is 5.75 Å². The lowest BCUT2D eigenvalue weighted by molar-refractivity contribution is -0.147. The lowest BCUT2D eigenvalue weighted by Gasteiger charge is -2.18. The van der Waals surface area contributed by atoms with Crippen molar-refractivity contribution in [2.45, 2.75) is 84.5 Å². The van der Waals surface area contributed by atoms with E-state index in [2.05, 4.69) is 6.07 Å². The molecule has 0 radical (unpaired) electrons. The Kier molecular flexibility index (Phi) is 7.50. The maximum Gasteiger partial charge on any atom is 0.309 e. The Morgan fingerprint density at radius 2 is 1.50 bits per heavy atom. The lowest BCUT2D eigenvalue weighted by Crippen LogP contribution is -2.23. The van der Waals surface area contributed by atoms with Crippen LogP contribution in [0, 0.1) is 10.8 Å². The summed E-state index contributed by atoms with van der Waals surface area (Å²) in [4.78, 5) is 22.3. The second kappa shape index (κ2) is 9.44. The molecule has 2 rings (SSSR count). The van der Waals surface area contributed by atoms with Crippen molar-refractivity contribution in [1.29, 1.82) is 0 Å². The normalized spacial score (nSPS) is 15.4. The van der Waals surface area contributed by atoms with Gasteiger partial charge in [0.25, 0.3) is 0 Å². The summed E-state index contributed by atoms with van der Waals surface area (Å²) < 4.78 is 0. The summed E-state index contributed by atoms with van der Waals surface area (Å²) in [5.74, 6) is -1.12. The van der Waals surface area contributed by atoms with Crippen molar-refractivity contribution in [3.05, 3.63) is 29.3 Å². The van der Waals surface area contributed by atoms with Gasteiger partial charge in [-0.2, -0.15) is 0 Å². The van der Waals surface area contributed by atoms with Crippen LogP contribution >= 0.6 is 0 Å². The first kappa shape index (κ1) is 22.3. The van der Waals surface area contributed by atoms with Crippen LogP contribution in [-0.2, 0) is 22.4 Å². The molecule has 0 saturated heterocycles. The van der Waals surface area contributed by atoms with Crippen LogP contribution < -0.4 is 0 Å². The van der Waals surface area contributed by atoms with Crippen molar-refractivity contribution in [3.8, 4) is 5.75 Å². The van der Waals surface area contributed by atoms with E-state index in [1.54, 1.807) is 26.0 Å². The average molecular weight is 391 g/mol. The van der Waals surface area contributed by atoms with Gasteiger partial charge >= 0.3 is 11.9 Å². The number of carboxylic acid groups (broad SMARTS) is 2. The third-order valence-corrected chi connectivity index (χ3v) is 6.06. The first-order chi connectivity index (χ1) is 13.1. The number of benzene rings is 1. The Bertz CT molecular complexity index is 688. The van der Waals surface area contributed by atoms with Crippen molar-refractivity contribution in [2.24, 2.45) is 10.8 Å². The highest BCUT2D eigenvalue weighted by atomic mass is 16.4. The molecule has 0 aromatic heterocycles. The van der Waals surface area contributed by atoms with Gasteiger partial charge in [0.15, 0.2) is 0 Å². The van der Waals surface area contributed by atoms with Crippen LogP contribution in [0.25, 0.3) is 0 Å². The molecule has 1 fully saturated rings. The Labute approximate surface area is 167 Å². The molecule has 1 aromatic carbocycles. The first-order valence-electron chi connectivity index (χ1n) is 10.4. The van der Waals surface area contributed by atoms with E-state index >= 15 is 0 Å². The first-order valence-corrected chi connectivity index (χ1v) is 10.4. The third kappa shape index (κ3) is 6.54. The highest BCUT2D eigenvalue weighted by Gasteiger charge is 2.49. The summed E-state index contributed by atoms with van der Waals surface area (Å²) >= 11 is 0. The summed E-state index contributed by atoms with van der Waals surface area (Å²) in [5, 5.41) is 28.4. The molecule has 0 amide bonds. The van der Waals surface area contributed by atoms with E-state index < -0.39 is 22.8 Å². The lowest BCUT2D eigenvalue weighted by atomic mass is 9.87. The summed E-state index contributed by atoms with van der Waals surface area (Å²) in [5.41, 5.74) is 1.09. The molecule has 1 aliphatic carbocycles. The number of rotatable bonds is 13. The van der Waals surface area contributed by atoms with Crippen molar-refractivity contribution >= 4 is 11.9 Å². The Balaban J connectivity index is 1.72. The van der Waals surface area contributed by atoms with Gasteiger partial charge in [-0.05, 0) is 88.5 Å². The van der Waals surface area contributed by atoms with Crippen molar-refractivity contribution < 1.29 is 24.9 Å². The fourth-order valence-corrected chi connectivity index (χ4v) is 3.73. The molecule has 1 aromatic rings. The summed E-state index contributed by atoms with van der Waals surface area (Å²) in [7, 11) is 0. The van der Waals surface area contributed by atoms with Crippen LogP contribution in [-0.4, -0.2) is 27.3 Å². The van der Waals surface area contributed by atoms with E-state index in [4.69, 9.17) is 5.11 Å². The summed E-state index contributed by atoms with van der Waals surface area (Å²) in [6.45, 7) is 3.52. The van der Waals surface area contributed by atoms with Gasteiger partial charge in [-0.15, -0.1) is 0 Å². The van der Waals surface area contributed by atoms with Gasteiger partial charge in [0.05, 0.1) is 10.8 Å². The molecule has 0 aliphatic heterocycles. The van der Waals surface area contributed by atoms with Gasteiger partial charge in [-0.1, -0.05) is 25.3 Å². The van der Waals surface area contributed by atoms with Crippen LogP contribution in [0.4, 0.5) is 0 Å². The summed E-state index contributed by atoms with van der Waals surface area (Å²) in [6, 6.07) is 5.72. The molecule has 5 heteroatoms. The zero-order valence-corrected chi connectivity index (χ0v) is 17.2. The number of carbonyl (C=O) groups is 2. The molecule has 28 heavy (non-hydrogen) atoms. The summed E-state index contributed by atoms with van der Waals surface area (Å²) in [6.07, 6.45) is 9.42. The van der Waals surface area contributed by atoms with Crippen LogP contribution in [0.1, 0.15) is 82.8 Å². The van der Waals surface area contributed by atoms with E-state index in [0.717, 1.165) is 75.3 Å². The van der Waals surface area contributed by atoms with E-state index in [0.29, 0.717) is 6.42 Å². The molecule has 0 heterocycles. The molecular weight excluding hydrogens is 356 g/mol. The zero-order valence-electron chi connectivity index (χ0n) is 17.2. The van der Waals surface area contributed by atoms with E-state index in [9.17, 15) is 19.8 Å². The number of phenols is 1. The molecule has 1 saturated carbocycles. The zero-order chi connectivity index (χ0) is 20.8. The van der Waals surface area contributed by atoms with Gasteiger partial charge < -0.3 is 15.3 Å². The molecule has 1 aliphatic rings. The SMILES string of the molecule is CC(C)(CCCCCc1cc(O)cc(CCCCC2(C(=O)O)CC2)c1)C(=O)O. The predicted octanol–water partition coefficient (Wildman–Crippen LogP) is 5.18. The average Bonchev–Trinajstić information content (AvgIpc) is 3.39. The minimum absolute atomic E-state index is 0.281. The van der Waals surface area contributed by atoms with Gasteiger partial charge in [0, 0.05) is 0 Å². The topological polar surface area (TPSA) is 94.8 Å². The monoisotopic (exact) mass is 390 g/mol. The van der Waals surface area contributed by atoms with E-state index in [-0.39, 0.29) is 5.75 Å².